The van der Waals surface area contributed by atoms with Crippen LogP contribution < -0.4 is 9.89 Å². The summed E-state index contributed by atoms with van der Waals surface area (Å²) in [5.41, 5.74) is 0.321. The largest absolute Gasteiger partial charge is 0.545 e. The first kappa shape index (κ1) is 15.6. The summed E-state index contributed by atoms with van der Waals surface area (Å²) < 4.78 is 18.4. The van der Waals surface area contributed by atoms with Gasteiger partial charge >= 0.3 is 7.12 Å². The van der Waals surface area contributed by atoms with E-state index in [1.165, 1.54) is 0 Å². The van der Waals surface area contributed by atoms with Crippen LogP contribution in [0.4, 0.5) is 0 Å². The molecule has 1 aromatic carbocycles. The van der Waals surface area contributed by atoms with E-state index in [1.807, 2.05) is 24.3 Å². The molecule has 0 saturated carbocycles. The molecule has 2 rings (SSSR count). The standard InChI is InChI=1S/C15H25BO3Si/c1-14(2)15(3,4)19-16(18-14)12-10-8-9-11-13(12)17-20(5,6)7/h8-11H,1-7H3. The fourth-order valence-corrected chi connectivity index (χ4v) is 2.91. The van der Waals surface area contributed by atoms with Gasteiger partial charge in [-0.05, 0) is 53.4 Å². The van der Waals surface area contributed by atoms with E-state index in [9.17, 15) is 0 Å². The van der Waals surface area contributed by atoms with Crippen LogP contribution in [0, 0.1) is 0 Å². The monoisotopic (exact) mass is 292 g/mol. The first-order valence-electron chi connectivity index (χ1n) is 7.15. The summed E-state index contributed by atoms with van der Waals surface area (Å²) in [6, 6.07) is 8.01. The van der Waals surface area contributed by atoms with Gasteiger partial charge in [-0.15, -0.1) is 0 Å². The van der Waals surface area contributed by atoms with Crippen molar-refractivity contribution in [2.75, 3.05) is 0 Å². The van der Waals surface area contributed by atoms with Crippen LogP contribution in [0.25, 0.3) is 0 Å². The average molecular weight is 292 g/mol. The van der Waals surface area contributed by atoms with Crippen molar-refractivity contribution in [3.8, 4) is 5.75 Å². The normalized spacial score (nSPS) is 21.1. The lowest BCUT2D eigenvalue weighted by molar-refractivity contribution is 0.00578. The maximum absolute atomic E-state index is 6.16. The molecule has 1 fully saturated rings. The molecule has 0 bridgehead atoms. The molecule has 0 aliphatic carbocycles. The number of benzene rings is 1. The minimum absolute atomic E-state index is 0.329. The van der Waals surface area contributed by atoms with Crippen molar-refractivity contribution in [1.82, 2.24) is 0 Å². The average Bonchev–Trinajstić information content (AvgIpc) is 2.46. The minimum atomic E-state index is -1.66. The van der Waals surface area contributed by atoms with Crippen LogP contribution in [0.1, 0.15) is 27.7 Å². The van der Waals surface area contributed by atoms with Gasteiger partial charge in [0.25, 0.3) is 0 Å². The molecule has 0 spiro atoms. The van der Waals surface area contributed by atoms with Crippen molar-refractivity contribution in [3.05, 3.63) is 24.3 Å². The Kier molecular flexibility index (Phi) is 3.82. The molecule has 0 atom stereocenters. The number of hydrogen-bond donors (Lipinski definition) is 0. The van der Waals surface area contributed by atoms with E-state index < -0.39 is 8.32 Å². The van der Waals surface area contributed by atoms with Crippen molar-refractivity contribution in [3.63, 3.8) is 0 Å². The molecule has 3 nitrogen and oxygen atoms in total. The van der Waals surface area contributed by atoms with E-state index in [0.717, 1.165) is 11.2 Å². The molecule has 1 heterocycles. The predicted octanol–water partition coefficient (Wildman–Crippen LogP) is 3.20. The Hall–Kier alpha value is -0.778. The van der Waals surface area contributed by atoms with Crippen molar-refractivity contribution in [2.24, 2.45) is 0 Å². The summed E-state index contributed by atoms with van der Waals surface area (Å²) >= 11 is 0. The van der Waals surface area contributed by atoms with Gasteiger partial charge in [-0.2, -0.15) is 0 Å². The summed E-state index contributed by atoms with van der Waals surface area (Å²) in [7, 11) is -2.03. The van der Waals surface area contributed by atoms with Crippen LogP contribution in [-0.4, -0.2) is 26.6 Å². The molecule has 5 heteroatoms. The Labute approximate surface area is 123 Å². The van der Waals surface area contributed by atoms with Crippen molar-refractivity contribution in [2.45, 2.75) is 58.5 Å². The quantitative estimate of drug-likeness (QED) is 0.801. The van der Waals surface area contributed by atoms with Crippen LogP contribution in [0.15, 0.2) is 24.3 Å². The van der Waals surface area contributed by atoms with Gasteiger partial charge in [-0.25, -0.2) is 0 Å². The van der Waals surface area contributed by atoms with Crippen LogP contribution >= 0.6 is 0 Å². The first-order valence-corrected chi connectivity index (χ1v) is 10.6. The van der Waals surface area contributed by atoms with Gasteiger partial charge in [0.05, 0.1) is 11.2 Å². The molecular weight excluding hydrogens is 267 g/mol. The van der Waals surface area contributed by atoms with Gasteiger partial charge in [0.1, 0.15) is 5.75 Å². The first-order chi connectivity index (χ1) is 9.02. The third-order valence-electron chi connectivity index (χ3n) is 3.84. The molecule has 1 aliphatic rings. The highest BCUT2D eigenvalue weighted by molar-refractivity contribution is 6.71. The second-order valence-electron chi connectivity index (χ2n) is 7.34. The maximum Gasteiger partial charge on any atom is 0.498 e. The fraction of sp³-hybridized carbons (Fsp3) is 0.600. The Morgan fingerprint density at radius 3 is 1.95 bits per heavy atom. The smallest absolute Gasteiger partial charge is 0.498 e. The van der Waals surface area contributed by atoms with Crippen molar-refractivity contribution >= 4 is 20.9 Å². The second kappa shape index (κ2) is 4.90. The molecule has 0 unspecified atom stereocenters. The highest BCUT2D eigenvalue weighted by Gasteiger charge is 2.52. The molecule has 1 aliphatic heterocycles. The Balaban J connectivity index is 2.31. The molecule has 0 radical (unpaired) electrons. The third-order valence-corrected chi connectivity index (χ3v) is 4.67. The lowest BCUT2D eigenvalue weighted by atomic mass is 9.78. The minimum Gasteiger partial charge on any atom is -0.545 e. The summed E-state index contributed by atoms with van der Waals surface area (Å²) in [5.74, 6) is 0.880. The van der Waals surface area contributed by atoms with E-state index in [4.69, 9.17) is 13.7 Å². The van der Waals surface area contributed by atoms with Crippen LogP contribution in [0.3, 0.4) is 0 Å². The molecule has 0 aromatic heterocycles. The molecule has 1 saturated heterocycles. The number of hydrogen-bond acceptors (Lipinski definition) is 3. The van der Waals surface area contributed by atoms with E-state index in [-0.39, 0.29) is 18.3 Å². The van der Waals surface area contributed by atoms with E-state index in [1.54, 1.807) is 0 Å². The van der Waals surface area contributed by atoms with Gasteiger partial charge in [-0.3, -0.25) is 0 Å². The lowest BCUT2D eigenvalue weighted by Crippen LogP contribution is -2.41. The Bertz CT molecular complexity index is 478. The summed E-state index contributed by atoms with van der Waals surface area (Å²) in [4.78, 5) is 0. The van der Waals surface area contributed by atoms with E-state index >= 15 is 0 Å². The topological polar surface area (TPSA) is 27.7 Å². The van der Waals surface area contributed by atoms with E-state index in [0.29, 0.717) is 0 Å². The third kappa shape index (κ3) is 3.10. The Morgan fingerprint density at radius 2 is 1.45 bits per heavy atom. The van der Waals surface area contributed by atoms with Gasteiger partial charge in [-0.1, -0.05) is 18.2 Å². The van der Waals surface area contributed by atoms with Crippen LogP contribution in [0.5, 0.6) is 5.75 Å². The van der Waals surface area contributed by atoms with Gasteiger partial charge in [0.2, 0.25) is 8.32 Å². The van der Waals surface area contributed by atoms with Gasteiger partial charge < -0.3 is 13.7 Å². The second-order valence-corrected chi connectivity index (χ2v) is 11.8. The molecule has 0 N–H and O–H groups in total. The zero-order valence-corrected chi connectivity index (χ0v) is 14.6. The highest BCUT2D eigenvalue weighted by atomic mass is 28.4. The molecule has 20 heavy (non-hydrogen) atoms. The van der Waals surface area contributed by atoms with Crippen molar-refractivity contribution in [1.29, 1.82) is 0 Å². The van der Waals surface area contributed by atoms with E-state index in [2.05, 4.69) is 47.3 Å². The summed E-state index contributed by atoms with van der Waals surface area (Å²) in [6.45, 7) is 14.8. The lowest BCUT2D eigenvalue weighted by Gasteiger charge is -2.32. The summed E-state index contributed by atoms with van der Waals surface area (Å²) in [5, 5.41) is 0. The van der Waals surface area contributed by atoms with Crippen LogP contribution in [0.2, 0.25) is 19.6 Å². The fourth-order valence-electron chi connectivity index (χ4n) is 2.07. The molecule has 110 valence electrons. The zero-order valence-electron chi connectivity index (χ0n) is 13.6. The van der Waals surface area contributed by atoms with Gasteiger partial charge in [0.15, 0.2) is 0 Å². The number of para-hydroxylation sites is 1. The predicted molar refractivity (Wildman–Crippen MR) is 86.1 cm³/mol. The summed E-state index contributed by atoms with van der Waals surface area (Å²) in [6.07, 6.45) is 0. The van der Waals surface area contributed by atoms with Crippen LogP contribution in [-0.2, 0) is 9.31 Å². The highest BCUT2D eigenvalue weighted by Crippen LogP contribution is 2.37. The zero-order chi connectivity index (χ0) is 15.2. The van der Waals surface area contributed by atoms with Crippen molar-refractivity contribution < 1.29 is 13.7 Å². The molecule has 0 amide bonds. The maximum atomic E-state index is 6.16. The SMILES string of the molecule is CC1(C)OB(c2ccccc2O[Si](C)(C)C)OC1(C)C. The molecular formula is C15H25BO3Si. The molecule has 1 aromatic rings. The number of rotatable bonds is 3. The van der Waals surface area contributed by atoms with Gasteiger partial charge in [0, 0.05) is 5.46 Å². The Morgan fingerprint density at radius 1 is 0.950 bits per heavy atom.